The maximum absolute atomic E-state index is 13.0. The minimum Gasteiger partial charge on any atom is -0.497 e. The van der Waals surface area contributed by atoms with Crippen LogP contribution >= 0.6 is 11.3 Å². The zero-order valence-corrected chi connectivity index (χ0v) is 19.4. The van der Waals surface area contributed by atoms with E-state index < -0.39 is 0 Å². The Bertz CT molecular complexity index is 1220. The number of hydrogen-bond acceptors (Lipinski definition) is 8. The Morgan fingerprint density at radius 2 is 2.18 bits per heavy atom. The molecule has 2 aromatic heterocycles. The van der Waals surface area contributed by atoms with Gasteiger partial charge in [0.05, 0.1) is 13.0 Å². The zero-order chi connectivity index (χ0) is 23.4. The quantitative estimate of drug-likeness (QED) is 0.541. The molecule has 0 aliphatic carbocycles. The molecule has 1 aliphatic heterocycles. The third kappa shape index (κ3) is 5.14. The molecule has 3 aromatic rings. The van der Waals surface area contributed by atoms with E-state index in [0.717, 1.165) is 19.4 Å². The lowest BCUT2D eigenvalue weighted by Gasteiger charge is -2.31. The van der Waals surface area contributed by atoms with E-state index in [0.29, 0.717) is 40.0 Å². The molecular formula is C22H26N6O4S. The van der Waals surface area contributed by atoms with Crippen molar-refractivity contribution < 1.29 is 14.3 Å². The van der Waals surface area contributed by atoms with Crippen molar-refractivity contribution in [2.45, 2.75) is 26.3 Å². The van der Waals surface area contributed by atoms with Crippen molar-refractivity contribution >= 4 is 44.3 Å². The highest BCUT2D eigenvalue weighted by Crippen LogP contribution is 2.29. The summed E-state index contributed by atoms with van der Waals surface area (Å²) in [5.74, 6) is 0.218. The minimum atomic E-state index is -0.350. The van der Waals surface area contributed by atoms with Gasteiger partial charge in [-0.1, -0.05) is 17.4 Å². The third-order valence-electron chi connectivity index (χ3n) is 5.45. The number of amides is 2. The van der Waals surface area contributed by atoms with Gasteiger partial charge in [-0.3, -0.25) is 19.0 Å². The van der Waals surface area contributed by atoms with E-state index >= 15 is 0 Å². The van der Waals surface area contributed by atoms with E-state index in [1.807, 2.05) is 11.8 Å². The van der Waals surface area contributed by atoms with E-state index in [-0.39, 0.29) is 29.8 Å². The van der Waals surface area contributed by atoms with Gasteiger partial charge in [-0.2, -0.15) is 4.98 Å². The average molecular weight is 471 g/mol. The summed E-state index contributed by atoms with van der Waals surface area (Å²) in [7, 11) is 1.55. The Labute approximate surface area is 194 Å². The first-order valence-corrected chi connectivity index (χ1v) is 11.6. The number of methoxy groups -OCH3 is 1. The van der Waals surface area contributed by atoms with E-state index in [1.165, 1.54) is 22.2 Å². The topological polar surface area (TPSA) is 118 Å². The van der Waals surface area contributed by atoms with Crippen LogP contribution in [0.15, 0.2) is 35.4 Å². The van der Waals surface area contributed by atoms with Crippen molar-refractivity contribution in [2.24, 2.45) is 5.92 Å². The van der Waals surface area contributed by atoms with Gasteiger partial charge >= 0.3 is 0 Å². The Hall–Kier alpha value is -3.47. The molecule has 0 spiro atoms. The number of ether oxygens (including phenoxy) is 1. The van der Waals surface area contributed by atoms with Crippen molar-refractivity contribution in [3.63, 3.8) is 0 Å². The van der Waals surface area contributed by atoms with Crippen LogP contribution in [0.2, 0.25) is 0 Å². The number of carbonyl (C=O) groups is 2. The summed E-state index contributed by atoms with van der Waals surface area (Å²) < 4.78 is 6.82. The fourth-order valence-corrected chi connectivity index (χ4v) is 4.83. The van der Waals surface area contributed by atoms with Crippen molar-refractivity contribution in [3.05, 3.63) is 40.9 Å². The first-order chi connectivity index (χ1) is 16.0. The van der Waals surface area contributed by atoms with Crippen molar-refractivity contribution in [1.29, 1.82) is 0 Å². The number of nitrogens with one attached hydrogen (secondary N) is 2. The number of carbonyl (C=O) groups excluding carboxylic acids is 2. The van der Waals surface area contributed by atoms with Gasteiger partial charge in [-0.25, -0.2) is 4.98 Å². The van der Waals surface area contributed by atoms with E-state index in [2.05, 4.69) is 20.6 Å². The summed E-state index contributed by atoms with van der Waals surface area (Å²) in [6, 6.07) is 6.99. The molecule has 1 atom stereocenters. The molecule has 2 amide bonds. The fraction of sp³-hybridized carbons (Fsp3) is 0.409. The molecular weight excluding hydrogens is 444 g/mol. The summed E-state index contributed by atoms with van der Waals surface area (Å²) in [6.45, 7) is 3.66. The molecule has 1 aromatic carbocycles. The molecule has 0 bridgehead atoms. The van der Waals surface area contributed by atoms with Crippen LogP contribution in [0.3, 0.4) is 0 Å². The molecule has 3 heterocycles. The van der Waals surface area contributed by atoms with Crippen LogP contribution < -0.4 is 25.8 Å². The van der Waals surface area contributed by atoms with Gasteiger partial charge in [0.2, 0.25) is 11.8 Å². The second-order valence-electron chi connectivity index (χ2n) is 7.79. The van der Waals surface area contributed by atoms with E-state index in [1.54, 1.807) is 31.4 Å². The van der Waals surface area contributed by atoms with Crippen LogP contribution in [-0.4, -0.2) is 53.1 Å². The lowest BCUT2D eigenvalue weighted by atomic mass is 9.97. The summed E-state index contributed by atoms with van der Waals surface area (Å²) in [6.07, 6.45) is 3.05. The summed E-state index contributed by atoms with van der Waals surface area (Å²) in [4.78, 5) is 48.5. The standard InChI is InChI=1S/C22H26N6O4S/c1-3-23-20(30)14-6-5-9-27(11-14)22-26-19-18(33-22)21(31)28(13-24-19)12-17(29)25-15-7-4-8-16(10-15)32-2/h4,7-8,10,13-14H,3,5-6,9,11-12H2,1-2H3,(H,23,30)(H,25,29)/t14-/m1/s1. The van der Waals surface area contributed by atoms with Gasteiger partial charge in [-0.05, 0) is 31.9 Å². The smallest absolute Gasteiger partial charge is 0.273 e. The highest BCUT2D eigenvalue weighted by molar-refractivity contribution is 7.22. The number of nitrogens with zero attached hydrogens (tertiary/aromatic N) is 4. The second kappa shape index (κ2) is 9.99. The molecule has 1 aliphatic rings. The lowest BCUT2D eigenvalue weighted by molar-refractivity contribution is -0.125. The van der Waals surface area contributed by atoms with Gasteiger partial charge in [0, 0.05) is 31.4 Å². The van der Waals surface area contributed by atoms with E-state index in [4.69, 9.17) is 4.74 Å². The molecule has 2 N–H and O–H groups in total. The maximum Gasteiger partial charge on any atom is 0.273 e. The molecule has 1 saturated heterocycles. The van der Waals surface area contributed by atoms with Crippen molar-refractivity contribution in [1.82, 2.24) is 19.9 Å². The number of aromatic nitrogens is 3. The molecule has 10 nitrogen and oxygen atoms in total. The van der Waals surface area contributed by atoms with Gasteiger partial charge in [-0.15, -0.1) is 0 Å². The molecule has 4 rings (SSSR count). The monoisotopic (exact) mass is 470 g/mol. The van der Waals surface area contributed by atoms with Crippen LogP contribution in [-0.2, 0) is 16.1 Å². The number of hydrogen-bond donors (Lipinski definition) is 2. The molecule has 33 heavy (non-hydrogen) atoms. The first-order valence-electron chi connectivity index (χ1n) is 10.8. The Morgan fingerprint density at radius 3 is 2.97 bits per heavy atom. The Kier molecular flexibility index (Phi) is 6.87. The van der Waals surface area contributed by atoms with Crippen LogP contribution in [0.4, 0.5) is 10.8 Å². The maximum atomic E-state index is 13.0. The second-order valence-corrected chi connectivity index (χ2v) is 8.76. The van der Waals surface area contributed by atoms with Crippen LogP contribution in [0, 0.1) is 5.92 Å². The summed E-state index contributed by atoms with van der Waals surface area (Å²) >= 11 is 1.25. The number of benzene rings is 1. The molecule has 174 valence electrons. The highest BCUT2D eigenvalue weighted by Gasteiger charge is 2.27. The molecule has 0 radical (unpaired) electrons. The molecule has 11 heteroatoms. The van der Waals surface area contributed by atoms with E-state index in [9.17, 15) is 14.4 Å². The third-order valence-corrected chi connectivity index (χ3v) is 6.55. The van der Waals surface area contributed by atoms with Crippen molar-refractivity contribution in [3.8, 4) is 5.75 Å². The normalized spacial score (nSPS) is 15.9. The largest absolute Gasteiger partial charge is 0.497 e. The van der Waals surface area contributed by atoms with Crippen LogP contribution in [0.1, 0.15) is 19.8 Å². The molecule has 1 fully saturated rings. The summed E-state index contributed by atoms with van der Waals surface area (Å²) in [5.41, 5.74) is 0.611. The summed E-state index contributed by atoms with van der Waals surface area (Å²) in [5, 5.41) is 6.31. The minimum absolute atomic E-state index is 0.0471. The fourth-order valence-electron chi connectivity index (χ4n) is 3.82. The number of piperidine rings is 1. The number of thiazole rings is 1. The average Bonchev–Trinajstić information content (AvgIpc) is 3.26. The Balaban J connectivity index is 1.49. The first kappa shape index (κ1) is 22.7. The van der Waals surface area contributed by atoms with Gasteiger partial charge in [0.1, 0.15) is 23.3 Å². The number of fused-ring (bicyclic) bond motifs is 1. The van der Waals surface area contributed by atoms with Gasteiger partial charge in [0.25, 0.3) is 5.56 Å². The SMILES string of the molecule is CCNC(=O)[C@@H]1CCCN(c2nc3ncn(CC(=O)Nc4cccc(OC)c4)c(=O)c3s2)C1. The number of anilines is 2. The van der Waals surface area contributed by atoms with Gasteiger partial charge < -0.3 is 20.3 Å². The predicted molar refractivity (Wildman–Crippen MR) is 127 cm³/mol. The lowest BCUT2D eigenvalue weighted by Crippen LogP contribution is -2.43. The zero-order valence-electron chi connectivity index (χ0n) is 18.5. The van der Waals surface area contributed by atoms with Crippen molar-refractivity contribution in [2.75, 3.05) is 37.0 Å². The Morgan fingerprint density at radius 1 is 1.33 bits per heavy atom. The van der Waals surface area contributed by atoms with Crippen LogP contribution in [0.25, 0.3) is 10.3 Å². The molecule has 0 saturated carbocycles. The number of rotatable bonds is 7. The highest BCUT2D eigenvalue weighted by atomic mass is 32.1. The van der Waals surface area contributed by atoms with Gasteiger partial charge in [0.15, 0.2) is 10.8 Å². The van der Waals surface area contributed by atoms with Crippen LogP contribution in [0.5, 0.6) is 5.75 Å². The predicted octanol–water partition coefficient (Wildman–Crippen LogP) is 1.85. The molecule has 0 unspecified atom stereocenters.